The van der Waals surface area contributed by atoms with Gasteiger partial charge in [-0.05, 0) is 49.9 Å². The molecule has 1 fully saturated rings. The van der Waals surface area contributed by atoms with E-state index in [2.05, 4.69) is 10.6 Å². The molecule has 1 atom stereocenters. The predicted octanol–water partition coefficient (Wildman–Crippen LogP) is 3.68. The van der Waals surface area contributed by atoms with Crippen LogP contribution in [-0.4, -0.2) is 30.5 Å². The van der Waals surface area contributed by atoms with Gasteiger partial charge < -0.3 is 15.4 Å². The molecule has 0 aromatic heterocycles. The SMILES string of the molecule is CCOc1ccc(C(=O)N[C@H](C(=O)NC2CCCCCC2)C(C)C)cc1. The molecule has 1 aliphatic carbocycles. The van der Waals surface area contributed by atoms with E-state index in [4.69, 9.17) is 4.74 Å². The lowest BCUT2D eigenvalue weighted by molar-refractivity contribution is -0.124. The van der Waals surface area contributed by atoms with Crippen LogP contribution in [0.3, 0.4) is 0 Å². The molecule has 0 unspecified atom stereocenters. The first-order valence-corrected chi connectivity index (χ1v) is 9.85. The number of nitrogens with one attached hydrogen (secondary N) is 2. The molecule has 0 spiro atoms. The van der Waals surface area contributed by atoms with E-state index < -0.39 is 6.04 Å². The van der Waals surface area contributed by atoms with Gasteiger partial charge in [-0.2, -0.15) is 0 Å². The molecular weight excluding hydrogens is 328 g/mol. The van der Waals surface area contributed by atoms with Gasteiger partial charge in [0, 0.05) is 11.6 Å². The van der Waals surface area contributed by atoms with Gasteiger partial charge in [0.25, 0.3) is 5.91 Å². The van der Waals surface area contributed by atoms with Crippen LogP contribution in [0.5, 0.6) is 5.75 Å². The Morgan fingerprint density at radius 2 is 1.69 bits per heavy atom. The second kappa shape index (κ2) is 10.2. The van der Waals surface area contributed by atoms with Crippen molar-refractivity contribution in [1.29, 1.82) is 0 Å². The van der Waals surface area contributed by atoms with Gasteiger partial charge in [0.15, 0.2) is 0 Å². The molecule has 1 saturated carbocycles. The van der Waals surface area contributed by atoms with Crippen molar-refractivity contribution in [2.24, 2.45) is 5.92 Å². The van der Waals surface area contributed by atoms with Crippen LogP contribution in [-0.2, 0) is 4.79 Å². The number of ether oxygens (including phenoxy) is 1. The summed E-state index contributed by atoms with van der Waals surface area (Å²) in [6.07, 6.45) is 6.88. The topological polar surface area (TPSA) is 67.4 Å². The molecule has 0 saturated heterocycles. The summed E-state index contributed by atoms with van der Waals surface area (Å²) < 4.78 is 5.40. The molecule has 1 aliphatic rings. The summed E-state index contributed by atoms with van der Waals surface area (Å²) in [5, 5.41) is 6.05. The van der Waals surface area contributed by atoms with Gasteiger partial charge in [-0.3, -0.25) is 9.59 Å². The number of hydrogen-bond acceptors (Lipinski definition) is 3. The van der Waals surface area contributed by atoms with Gasteiger partial charge in [0.05, 0.1) is 6.61 Å². The molecule has 0 bridgehead atoms. The van der Waals surface area contributed by atoms with Crippen LogP contribution in [0.4, 0.5) is 0 Å². The minimum Gasteiger partial charge on any atom is -0.494 e. The van der Waals surface area contributed by atoms with Gasteiger partial charge in [-0.1, -0.05) is 39.5 Å². The number of amides is 2. The molecule has 1 aromatic rings. The summed E-state index contributed by atoms with van der Waals surface area (Å²) >= 11 is 0. The van der Waals surface area contributed by atoms with Crippen molar-refractivity contribution >= 4 is 11.8 Å². The highest BCUT2D eigenvalue weighted by Gasteiger charge is 2.26. The maximum Gasteiger partial charge on any atom is 0.251 e. The molecule has 0 radical (unpaired) electrons. The fraction of sp³-hybridized carbons (Fsp3) is 0.619. The lowest BCUT2D eigenvalue weighted by Gasteiger charge is -2.25. The van der Waals surface area contributed by atoms with E-state index in [9.17, 15) is 9.59 Å². The third-order valence-electron chi connectivity index (χ3n) is 4.86. The molecule has 5 heteroatoms. The van der Waals surface area contributed by atoms with Crippen molar-refractivity contribution < 1.29 is 14.3 Å². The number of rotatable bonds is 7. The smallest absolute Gasteiger partial charge is 0.251 e. The van der Waals surface area contributed by atoms with Crippen LogP contribution in [0.25, 0.3) is 0 Å². The van der Waals surface area contributed by atoms with Crippen molar-refractivity contribution in [1.82, 2.24) is 10.6 Å². The summed E-state index contributed by atoms with van der Waals surface area (Å²) in [5.41, 5.74) is 0.529. The van der Waals surface area contributed by atoms with Crippen LogP contribution in [0.1, 0.15) is 69.7 Å². The zero-order chi connectivity index (χ0) is 18.9. The Kier molecular flexibility index (Phi) is 7.95. The Morgan fingerprint density at radius 3 is 2.23 bits per heavy atom. The first-order valence-electron chi connectivity index (χ1n) is 9.85. The highest BCUT2D eigenvalue weighted by molar-refractivity contribution is 5.97. The minimum atomic E-state index is -0.530. The van der Waals surface area contributed by atoms with E-state index in [1.54, 1.807) is 24.3 Å². The van der Waals surface area contributed by atoms with Crippen molar-refractivity contribution in [3.63, 3.8) is 0 Å². The van der Waals surface area contributed by atoms with E-state index in [1.165, 1.54) is 12.8 Å². The summed E-state index contributed by atoms with van der Waals surface area (Å²) in [7, 11) is 0. The minimum absolute atomic E-state index is 0.0208. The third-order valence-corrected chi connectivity index (χ3v) is 4.86. The van der Waals surface area contributed by atoms with Gasteiger partial charge in [0.2, 0.25) is 5.91 Å². The fourth-order valence-corrected chi connectivity index (χ4v) is 3.34. The van der Waals surface area contributed by atoms with Crippen LogP contribution in [0, 0.1) is 5.92 Å². The van der Waals surface area contributed by atoms with Gasteiger partial charge in [0.1, 0.15) is 11.8 Å². The molecule has 1 aromatic carbocycles. The maximum absolute atomic E-state index is 12.7. The molecule has 26 heavy (non-hydrogen) atoms. The van der Waals surface area contributed by atoms with Crippen LogP contribution >= 0.6 is 0 Å². The van der Waals surface area contributed by atoms with Gasteiger partial charge >= 0.3 is 0 Å². The lowest BCUT2D eigenvalue weighted by atomic mass is 10.0. The highest BCUT2D eigenvalue weighted by Crippen LogP contribution is 2.18. The normalized spacial score (nSPS) is 16.6. The van der Waals surface area contributed by atoms with E-state index in [0.717, 1.165) is 31.4 Å². The maximum atomic E-state index is 12.7. The summed E-state index contributed by atoms with van der Waals surface area (Å²) in [6, 6.07) is 6.69. The lowest BCUT2D eigenvalue weighted by Crippen LogP contribution is -2.52. The Labute approximate surface area is 156 Å². The monoisotopic (exact) mass is 360 g/mol. The zero-order valence-electron chi connectivity index (χ0n) is 16.2. The van der Waals surface area contributed by atoms with Crippen molar-refractivity contribution in [2.75, 3.05) is 6.61 Å². The first-order chi connectivity index (χ1) is 12.5. The standard InChI is InChI=1S/C21H32N2O3/c1-4-26-18-13-11-16(12-14-18)20(24)23-19(15(2)3)21(25)22-17-9-7-5-6-8-10-17/h11-15,17,19H,4-10H2,1-3H3,(H,22,25)(H,23,24)/t19-/m0/s1. The van der Waals surface area contributed by atoms with Crippen LogP contribution in [0.15, 0.2) is 24.3 Å². The van der Waals surface area contributed by atoms with Crippen molar-refractivity contribution in [3.05, 3.63) is 29.8 Å². The van der Waals surface area contributed by atoms with E-state index >= 15 is 0 Å². The molecule has 5 nitrogen and oxygen atoms in total. The van der Waals surface area contributed by atoms with Crippen LogP contribution < -0.4 is 15.4 Å². The molecular formula is C21H32N2O3. The van der Waals surface area contributed by atoms with E-state index in [1.807, 2.05) is 20.8 Å². The zero-order valence-corrected chi connectivity index (χ0v) is 16.2. The Balaban J connectivity index is 1.97. The summed E-state index contributed by atoms with van der Waals surface area (Å²) in [6.45, 7) is 6.41. The van der Waals surface area contributed by atoms with Crippen molar-refractivity contribution in [2.45, 2.75) is 71.4 Å². The van der Waals surface area contributed by atoms with Crippen LogP contribution in [0.2, 0.25) is 0 Å². The number of benzene rings is 1. The molecule has 0 heterocycles. The van der Waals surface area contributed by atoms with Gasteiger partial charge in [-0.25, -0.2) is 0 Å². The Bertz CT molecular complexity index is 575. The number of hydrogen-bond donors (Lipinski definition) is 2. The molecule has 0 aliphatic heterocycles. The first kappa shape index (κ1) is 20.3. The average Bonchev–Trinajstić information content (AvgIpc) is 2.88. The van der Waals surface area contributed by atoms with E-state index in [0.29, 0.717) is 12.2 Å². The third kappa shape index (κ3) is 6.04. The molecule has 2 N–H and O–H groups in total. The van der Waals surface area contributed by atoms with Gasteiger partial charge in [-0.15, -0.1) is 0 Å². The molecule has 144 valence electrons. The average molecular weight is 360 g/mol. The molecule has 2 rings (SSSR count). The molecule has 2 amide bonds. The number of carbonyl (C=O) groups excluding carboxylic acids is 2. The second-order valence-corrected chi connectivity index (χ2v) is 7.35. The Hall–Kier alpha value is -2.04. The fourth-order valence-electron chi connectivity index (χ4n) is 3.34. The summed E-state index contributed by atoms with van der Waals surface area (Å²) in [5.74, 6) is 0.442. The quantitative estimate of drug-likeness (QED) is 0.729. The predicted molar refractivity (Wildman–Crippen MR) is 103 cm³/mol. The Morgan fingerprint density at radius 1 is 1.08 bits per heavy atom. The number of carbonyl (C=O) groups is 2. The van der Waals surface area contributed by atoms with Crippen molar-refractivity contribution in [3.8, 4) is 5.75 Å². The van der Waals surface area contributed by atoms with E-state index in [-0.39, 0.29) is 23.8 Å². The largest absolute Gasteiger partial charge is 0.494 e. The summed E-state index contributed by atoms with van der Waals surface area (Å²) in [4.78, 5) is 25.3. The second-order valence-electron chi connectivity index (χ2n) is 7.35. The highest BCUT2D eigenvalue weighted by atomic mass is 16.5.